The van der Waals surface area contributed by atoms with Gasteiger partial charge in [0.05, 0.1) is 0 Å². The van der Waals surface area contributed by atoms with Crippen molar-refractivity contribution in [3.05, 3.63) is 0 Å². The first-order valence-corrected chi connectivity index (χ1v) is 5.26. The summed E-state index contributed by atoms with van der Waals surface area (Å²) in [6.07, 6.45) is 5.58. The quantitative estimate of drug-likeness (QED) is 0.667. The highest BCUT2D eigenvalue weighted by atomic mass is 15.2. The second kappa shape index (κ2) is 3.35. The van der Waals surface area contributed by atoms with Crippen LogP contribution in [0.15, 0.2) is 0 Å². The molecule has 2 saturated heterocycles. The fraction of sp³-hybridized carbons (Fsp3) is 1.00. The first kappa shape index (κ1) is 8.52. The van der Waals surface area contributed by atoms with E-state index in [1.807, 2.05) is 0 Å². The number of fused-ring (bicyclic) bond motifs is 2. The van der Waals surface area contributed by atoms with E-state index in [1.165, 1.54) is 32.2 Å². The molecule has 2 aliphatic heterocycles. The highest BCUT2D eigenvalue weighted by molar-refractivity contribution is 4.94. The molecule has 2 atom stereocenters. The second-order valence-electron chi connectivity index (χ2n) is 4.34. The summed E-state index contributed by atoms with van der Waals surface area (Å²) in [5.74, 6) is 0. The van der Waals surface area contributed by atoms with Crippen LogP contribution in [0.1, 0.15) is 32.6 Å². The molecule has 0 aliphatic carbocycles. The van der Waals surface area contributed by atoms with Gasteiger partial charge in [0.15, 0.2) is 0 Å². The Morgan fingerprint density at radius 2 is 1.83 bits per heavy atom. The molecule has 2 aliphatic rings. The Bertz CT molecular complexity index is 146. The zero-order chi connectivity index (χ0) is 8.55. The van der Waals surface area contributed by atoms with Gasteiger partial charge in [-0.25, -0.2) is 0 Å². The third-order valence-electron chi connectivity index (χ3n) is 3.57. The van der Waals surface area contributed by atoms with Crippen LogP contribution in [0.2, 0.25) is 0 Å². The number of rotatable bonds is 2. The summed E-state index contributed by atoms with van der Waals surface area (Å²) < 4.78 is 0. The number of nitrogens with one attached hydrogen (secondary N) is 1. The number of nitrogens with zero attached hydrogens (tertiary/aromatic N) is 1. The third kappa shape index (κ3) is 1.50. The van der Waals surface area contributed by atoms with Gasteiger partial charge in [-0.2, -0.15) is 0 Å². The van der Waals surface area contributed by atoms with E-state index in [0.29, 0.717) is 0 Å². The largest absolute Gasteiger partial charge is 0.311 e. The first-order valence-electron chi connectivity index (χ1n) is 5.26. The second-order valence-corrected chi connectivity index (χ2v) is 4.34. The average molecular weight is 168 g/mol. The maximum Gasteiger partial charge on any atom is 0.0122 e. The van der Waals surface area contributed by atoms with E-state index in [-0.39, 0.29) is 0 Å². The van der Waals surface area contributed by atoms with Gasteiger partial charge < -0.3 is 10.2 Å². The van der Waals surface area contributed by atoms with Crippen molar-refractivity contribution in [1.29, 1.82) is 0 Å². The van der Waals surface area contributed by atoms with Crippen LogP contribution in [0.4, 0.5) is 0 Å². The Balaban J connectivity index is 1.93. The summed E-state index contributed by atoms with van der Waals surface area (Å²) in [5.41, 5.74) is 0. The van der Waals surface area contributed by atoms with Gasteiger partial charge in [-0.05, 0) is 39.3 Å². The molecular weight excluding hydrogens is 148 g/mol. The summed E-state index contributed by atoms with van der Waals surface area (Å²) in [7, 11) is 2.26. The number of hydrogen-bond donors (Lipinski definition) is 1. The summed E-state index contributed by atoms with van der Waals surface area (Å²) in [6, 6.07) is 2.53. The van der Waals surface area contributed by atoms with Crippen molar-refractivity contribution in [3.8, 4) is 0 Å². The molecular formula is C10H20N2. The molecule has 0 aromatic heterocycles. The van der Waals surface area contributed by atoms with Crippen LogP contribution in [-0.2, 0) is 0 Å². The zero-order valence-electron chi connectivity index (χ0n) is 8.21. The molecule has 0 saturated carbocycles. The summed E-state index contributed by atoms with van der Waals surface area (Å²) in [4.78, 5) is 2.51. The van der Waals surface area contributed by atoms with Crippen molar-refractivity contribution < 1.29 is 0 Å². The van der Waals surface area contributed by atoms with Crippen molar-refractivity contribution >= 4 is 0 Å². The van der Waals surface area contributed by atoms with Gasteiger partial charge in [-0.15, -0.1) is 0 Å². The smallest absolute Gasteiger partial charge is 0.0122 e. The molecule has 0 spiro atoms. The van der Waals surface area contributed by atoms with Crippen molar-refractivity contribution in [2.45, 2.75) is 50.7 Å². The summed E-state index contributed by atoms with van der Waals surface area (Å²) in [5, 5.41) is 3.67. The molecule has 0 aromatic rings. The van der Waals surface area contributed by atoms with E-state index in [0.717, 1.165) is 18.1 Å². The number of hydrogen-bond acceptors (Lipinski definition) is 2. The molecule has 2 rings (SSSR count). The van der Waals surface area contributed by atoms with Gasteiger partial charge in [0, 0.05) is 18.1 Å². The zero-order valence-corrected chi connectivity index (χ0v) is 8.21. The lowest BCUT2D eigenvalue weighted by Gasteiger charge is -2.34. The molecule has 2 fully saturated rings. The number of piperidine rings is 1. The lowest BCUT2D eigenvalue weighted by atomic mass is 9.99. The van der Waals surface area contributed by atoms with Crippen LogP contribution in [0.5, 0.6) is 0 Å². The molecule has 0 radical (unpaired) electrons. The molecule has 1 N–H and O–H groups in total. The summed E-state index contributed by atoms with van der Waals surface area (Å²) in [6.45, 7) is 3.45. The van der Waals surface area contributed by atoms with Gasteiger partial charge >= 0.3 is 0 Å². The van der Waals surface area contributed by atoms with Crippen LogP contribution < -0.4 is 5.32 Å². The Morgan fingerprint density at radius 3 is 2.33 bits per heavy atom. The van der Waals surface area contributed by atoms with Gasteiger partial charge in [-0.1, -0.05) is 6.92 Å². The fourth-order valence-electron chi connectivity index (χ4n) is 2.65. The lowest BCUT2D eigenvalue weighted by Crippen LogP contribution is -2.46. The van der Waals surface area contributed by atoms with E-state index in [1.54, 1.807) is 0 Å². The maximum atomic E-state index is 3.67. The third-order valence-corrected chi connectivity index (χ3v) is 3.57. The molecule has 12 heavy (non-hydrogen) atoms. The van der Waals surface area contributed by atoms with E-state index < -0.39 is 0 Å². The molecule has 2 unspecified atom stereocenters. The highest BCUT2D eigenvalue weighted by Gasteiger charge is 2.34. The molecule has 0 amide bonds. The fourth-order valence-corrected chi connectivity index (χ4v) is 2.65. The minimum Gasteiger partial charge on any atom is -0.311 e. The van der Waals surface area contributed by atoms with Gasteiger partial charge in [0.1, 0.15) is 0 Å². The minimum absolute atomic E-state index is 0.836. The van der Waals surface area contributed by atoms with Crippen LogP contribution >= 0.6 is 0 Å². The Hall–Kier alpha value is -0.0800. The maximum absolute atomic E-state index is 3.67. The van der Waals surface area contributed by atoms with E-state index in [9.17, 15) is 0 Å². The van der Waals surface area contributed by atoms with Gasteiger partial charge in [0.2, 0.25) is 0 Å². The van der Waals surface area contributed by atoms with Gasteiger partial charge in [-0.3, -0.25) is 0 Å². The SMILES string of the molecule is CCN(C)C1CC2CCC(C1)N2. The highest BCUT2D eigenvalue weighted by Crippen LogP contribution is 2.28. The monoisotopic (exact) mass is 168 g/mol. The molecule has 2 bridgehead atoms. The van der Waals surface area contributed by atoms with Crippen LogP contribution in [0.25, 0.3) is 0 Å². The van der Waals surface area contributed by atoms with Crippen LogP contribution in [-0.4, -0.2) is 36.6 Å². The molecule has 2 heteroatoms. The molecule has 0 aromatic carbocycles. The Kier molecular flexibility index (Phi) is 2.37. The molecule has 70 valence electrons. The lowest BCUT2D eigenvalue weighted by molar-refractivity contribution is 0.180. The van der Waals surface area contributed by atoms with E-state index in [4.69, 9.17) is 0 Å². The average Bonchev–Trinajstić information content (AvgIpc) is 2.44. The molecule has 2 nitrogen and oxygen atoms in total. The predicted molar refractivity (Wildman–Crippen MR) is 51.3 cm³/mol. The Morgan fingerprint density at radius 1 is 1.25 bits per heavy atom. The normalized spacial score (nSPS) is 40.8. The summed E-state index contributed by atoms with van der Waals surface area (Å²) >= 11 is 0. The van der Waals surface area contributed by atoms with Crippen molar-refractivity contribution in [1.82, 2.24) is 10.2 Å². The van der Waals surface area contributed by atoms with Crippen molar-refractivity contribution in [2.24, 2.45) is 0 Å². The topological polar surface area (TPSA) is 15.3 Å². The standard InChI is InChI=1S/C10H20N2/c1-3-12(2)10-6-8-4-5-9(7-10)11-8/h8-11H,3-7H2,1-2H3. The van der Waals surface area contributed by atoms with Gasteiger partial charge in [0.25, 0.3) is 0 Å². The van der Waals surface area contributed by atoms with Crippen LogP contribution in [0.3, 0.4) is 0 Å². The minimum atomic E-state index is 0.836. The van der Waals surface area contributed by atoms with Crippen LogP contribution in [0, 0.1) is 0 Å². The van der Waals surface area contributed by atoms with Crippen molar-refractivity contribution in [2.75, 3.05) is 13.6 Å². The Labute approximate surface area is 75.3 Å². The van der Waals surface area contributed by atoms with E-state index >= 15 is 0 Å². The van der Waals surface area contributed by atoms with E-state index in [2.05, 4.69) is 24.2 Å². The van der Waals surface area contributed by atoms with Crippen molar-refractivity contribution in [3.63, 3.8) is 0 Å². The predicted octanol–water partition coefficient (Wildman–Crippen LogP) is 1.22. The molecule has 2 heterocycles. The first-order chi connectivity index (χ1) is 5.79.